The Morgan fingerprint density at radius 3 is 2.61 bits per heavy atom. The van der Waals surface area contributed by atoms with Crippen LogP contribution in [0.15, 0.2) is 47.2 Å². The van der Waals surface area contributed by atoms with Crippen LogP contribution in [-0.2, 0) is 6.54 Å². The van der Waals surface area contributed by atoms with Crippen LogP contribution >= 0.6 is 0 Å². The molecule has 5 rings (SSSR count). The summed E-state index contributed by atoms with van der Waals surface area (Å²) < 4.78 is 23.1. The van der Waals surface area contributed by atoms with E-state index < -0.39 is 5.67 Å². The Labute approximate surface area is 192 Å². The lowest BCUT2D eigenvalue weighted by molar-refractivity contribution is 0.0873. The number of aromatic nitrogens is 3. The molecule has 1 aliphatic carbocycles. The number of aryl methyl sites for hydroxylation is 2. The maximum absolute atomic E-state index is 15.8. The first kappa shape index (κ1) is 21.6. The number of fused-ring (bicyclic) bond motifs is 1. The van der Waals surface area contributed by atoms with Gasteiger partial charge in [0.2, 0.25) is 0 Å². The van der Waals surface area contributed by atoms with Crippen molar-refractivity contribution < 1.29 is 13.7 Å². The molecule has 170 valence electrons. The van der Waals surface area contributed by atoms with E-state index in [2.05, 4.69) is 5.16 Å². The molecule has 4 aromatic rings. The van der Waals surface area contributed by atoms with E-state index in [9.17, 15) is 4.79 Å². The molecule has 0 amide bonds. The van der Waals surface area contributed by atoms with Gasteiger partial charge in [-0.15, -0.1) is 0 Å². The van der Waals surface area contributed by atoms with Gasteiger partial charge in [0.15, 0.2) is 5.78 Å². The highest BCUT2D eigenvalue weighted by Gasteiger charge is 2.33. The first-order valence-corrected chi connectivity index (χ1v) is 11.6. The molecule has 1 saturated carbocycles. The summed E-state index contributed by atoms with van der Waals surface area (Å²) in [5, 5.41) is 4.08. The molecular formula is C27H28FN3O2. The lowest BCUT2D eigenvalue weighted by Crippen LogP contribution is -2.31. The molecule has 0 atom stereocenters. The number of carbonyl (C=O) groups excluding carboxylic acids is 1. The lowest BCUT2D eigenvalue weighted by atomic mass is 9.86. The number of hydrogen-bond donors (Lipinski definition) is 0. The molecule has 1 aromatic carbocycles. The number of pyridine rings is 1. The Bertz CT molecular complexity index is 1330. The van der Waals surface area contributed by atoms with Crippen LogP contribution in [0.4, 0.5) is 4.39 Å². The lowest BCUT2D eigenvalue weighted by Gasteiger charge is -2.30. The van der Waals surface area contributed by atoms with Crippen LogP contribution in [0.2, 0.25) is 0 Å². The van der Waals surface area contributed by atoms with Gasteiger partial charge in [-0.3, -0.25) is 9.78 Å². The highest BCUT2D eigenvalue weighted by atomic mass is 19.1. The SMILES string of the molecule is CC(=O)c1ccccc1-c1cn(CC2(F)CCCCC2)c2cc(-c3c(C)noc3C)cnc12. The van der Waals surface area contributed by atoms with Gasteiger partial charge < -0.3 is 9.09 Å². The highest BCUT2D eigenvalue weighted by Crippen LogP contribution is 2.38. The van der Waals surface area contributed by atoms with Crippen molar-refractivity contribution in [3.63, 3.8) is 0 Å². The van der Waals surface area contributed by atoms with Crippen LogP contribution < -0.4 is 0 Å². The van der Waals surface area contributed by atoms with Crippen LogP contribution in [0.25, 0.3) is 33.3 Å². The molecule has 0 radical (unpaired) electrons. The molecule has 0 aliphatic heterocycles. The quantitative estimate of drug-likeness (QED) is 0.315. The summed E-state index contributed by atoms with van der Waals surface area (Å²) in [4.78, 5) is 17.1. The number of carbonyl (C=O) groups is 1. The third-order valence-corrected chi connectivity index (χ3v) is 6.84. The third-order valence-electron chi connectivity index (χ3n) is 6.84. The minimum absolute atomic E-state index is 0.00640. The van der Waals surface area contributed by atoms with Crippen LogP contribution in [0.1, 0.15) is 60.8 Å². The van der Waals surface area contributed by atoms with Crippen molar-refractivity contribution >= 4 is 16.8 Å². The fourth-order valence-electron chi connectivity index (χ4n) is 5.20. The molecule has 0 saturated heterocycles. The molecule has 3 aromatic heterocycles. The van der Waals surface area contributed by atoms with E-state index in [1.54, 1.807) is 6.92 Å². The number of Topliss-reactive ketones (excluding diaryl/α,β-unsaturated/α-hetero) is 1. The molecule has 33 heavy (non-hydrogen) atoms. The van der Waals surface area contributed by atoms with Gasteiger partial charge >= 0.3 is 0 Å². The summed E-state index contributed by atoms with van der Waals surface area (Å²) in [5.74, 6) is 0.719. The van der Waals surface area contributed by atoms with Crippen molar-refractivity contribution in [3.8, 4) is 22.3 Å². The third kappa shape index (κ3) is 3.88. The Balaban J connectivity index is 1.71. The molecule has 5 nitrogen and oxygen atoms in total. The molecule has 0 bridgehead atoms. The molecule has 0 unspecified atom stereocenters. The zero-order valence-corrected chi connectivity index (χ0v) is 19.3. The van der Waals surface area contributed by atoms with Crippen LogP contribution in [0.3, 0.4) is 0 Å². The zero-order chi connectivity index (χ0) is 23.2. The summed E-state index contributed by atoms with van der Waals surface area (Å²) in [6.45, 7) is 5.63. The van der Waals surface area contributed by atoms with Gasteiger partial charge in [0.05, 0.1) is 23.3 Å². The molecule has 6 heteroatoms. The first-order valence-electron chi connectivity index (χ1n) is 11.6. The predicted molar refractivity (Wildman–Crippen MR) is 127 cm³/mol. The number of benzene rings is 1. The van der Waals surface area contributed by atoms with Crippen LogP contribution in [0, 0.1) is 13.8 Å². The van der Waals surface area contributed by atoms with E-state index in [1.807, 2.05) is 61.1 Å². The number of rotatable bonds is 5. The maximum atomic E-state index is 15.8. The topological polar surface area (TPSA) is 60.9 Å². The normalized spacial score (nSPS) is 15.8. The van der Waals surface area contributed by atoms with E-state index in [4.69, 9.17) is 9.51 Å². The molecular weight excluding hydrogens is 417 g/mol. The van der Waals surface area contributed by atoms with E-state index in [0.717, 1.165) is 64.0 Å². The second-order valence-electron chi connectivity index (χ2n) is 9.27. The minimum Gasteiger partial charge on any atom is -0.361 e. The number of halogens is 1. The van der Waals surface area contributed by atoms with Gasteiger partial charge in [0.1, 0.15) is 11.4 Å². The standard InChI is InChI=1S/C27H28FN3O2/c1-17-25(19(3)33-30-17)20-13-24-26(29-14-20)23(22-10-6-5-9-21(22)18(2)32)15-31(24)16-27(28)11-7-4-8-12-27/h5-6,9-10,13-15H,4,7-8,11-12,16H2,1-3H3. The van der Waals surface area contributed by atoms with Crippen molar-refractivity contribution in [2.45, 2.75) is 65.1 Å². The maximum Gasteiger partial charge on any atom is 0.160 e. The summed E-state index contributed by atoms with van der Waals surface area (Å²) in [7, 11) is 0. The average molecular weight is 446 g/mol. The van der Waals surface area contributed by atoms with Gasteiger partial charge in [-0.05, 0) is 45.2 Å². The van der Waals surface area contributed by atoms with Crippen molar-refractivity contribution in [3.05, 3.63) is 59.7 Å². The van der Waals surface area contributed by atoms with E-state index >= 15 is 4.39 Å². The largest absolute Gasteiger partial charge is 0.361 e. The van der Waals surface area contributed by atoms with Crippen molar-refractivity contribution in [2.75, 3.05) is 0 Å². The molecule has 3 heterocycles. The van der Waals surface area contributed by atoms with Crippen molar-refractivity contribution in [1.82, 2.24) is 14.7 Å². The Morgan fingerprint density at radius 1 is 1.15 bits per heavy atom. The van der Waals surface area contributed by atoms with Crippen molar-refractivity contribution in [2.24, 2.45) is 0 Å². The highest BCUT2D eigenvalue weighted by molar-refractivity contribution is 6.05. The zero-order valence-electron chi connectivity index (χ0n) is 19.3. The second kappa shape index (κ2) is 8.25. The Kier molecular flexibility index (Phi) is 5.39. The molecule has 1 aliphatic rings. The van der Waals surface area contributed by atoms with Crippen molar-refractivity contribution in [1.29, 1.82) is 0 Å². The van der Waals surface area contributed by atoms with Gasteiger partial charge in [-0.25, -0.2) is 4.39 Å². The second-order valence-corrected chi connectivity index (χ2v) is 9.27. The first-order chi connectivity index (χ1) is 15.9. The Hall–Kier alpha value is -3.28. The average Bonchev–Trinajstić information content (AvgIpc) is 3.32. The van der Waals surface area contributed by atoms with Gasteiger partial charge in [0, 0.05) is 34.6 Å². The van der Waals surface area contributed by atoms with Crippen LogP contribution in [-0.4, -0.2) is 26.2 Å². The van der Waals surface area contributed by atoms with Gasteiger partial charge in [-0.2, -0.15) is 0 Å². The summed E-state index contributed by atoms with van der Waals surface area (Å²) in [5.41, 5.74) is 5.28. The molecule has 0 spiro atoms. The summed E-state index contributed by atoms with van der Waals surface area (Å²) in [6, 6.07) is 9.59. The molecule has 0 N–H and O–H groups in total. The van der Waals surface area contributed by atoms with E-state index in [-0.39, 0.29) is 12.3 Å². The number of hydrogen-bond acceptors (Lipinski definition) is 4. The van der Waals surface area contributed by atoms with Gasteiger partial charge in [-0.1, -0.05) is 48.7 Å². The summed E-state index contributed by atoms with van der Waals surface area (Å²) in [6.07, 6.45) is 7.84. The van der Waals surface area contributed by atoms with Crippen LogP contribution in [0.5, 0.6) is 0 Å². The fraction of sp³-hybridized carbons (Fsp3) is 0.370. The Morgan fingerprint density at radius 2 is 1.91 bits per heavy atom. The molecule has 1 fully saturated rings. The number of nitrogens with zero attached hydrogens (tertiary/aromatic N) is 3. The smallest absolute Gasteiger partial charge is 0.160 e. The predicted octanol–water partition coefficient (Wildman–Crippen LogP) is 6.85. The number of ketones is 1. The summed E-state index contributed by atoms with van der Waals surface area (Å²) >= 11 is 0. The number of alkyl halides is 1. The van der Waals surface area contributed by atoms with Gasteiger partial charge in [0.25, 0.3) is 0 Å². The van der Waals surface area contributed by atoms with E-state index in [0.29, 0.717) is 18.4 Å². The fourth-order valence-corrected chi connectivity index (χ4v) is 5.20. The van der Waals surface area contributed by atoms with E-state index in [1.165, 1.54) is 0 Å². The monoisotopic (exact) mass is 445 g/mol. The minimum atomic E-state index is -1.24.